The van der Waals surface area contributed by atoms with Gasteiger partial charge in [0, 0.05) is 5.39 Å². The lowest BCUT2D eigenvalue weighted by molar-refractivity contribution is -0.137. The number of hydrogen-bond acceptors (Lipinski definition) is 2. The van der Waals surface area contributed by atoms with Crippen molar-refractivity contribution in [1.82, 2.24) is 4.98 Å². The lowest BCUT2D eigenvalue weighted by Gasteiger charge is -2.05. The number of nitrogens with one attached hydrogen (secondary N) is 1. The first-order chi connectivity index (χ1) is 11.3. The van der Waals surface area contributed by atoms with Crippen LogP contribution in [0.15, 0.2) is 34.7 Å². The van der Waals surface area contributed by atoms with Crippen LogP contribution in [0, 0.1) is 0 Å². The van der Waals surface area contributed by atoms with Gasteiger partial charge >= 0.3 is 12.1 Å². The Bertz CT molecular complexity index is 1140. The number of aromatic amines is 1. The van der Waals surface area contributed by atoms with Gasteiger partial charge in [0.15, 0.2) is 5.58 Å². The Balaban J connectivity index is 2.12. The number of alkyl halides is 3. The molecule has 4 aromatic rings. The fourth-order valence-electron chi connectivity index (χ4n) is 2.81. The zero-order valence-corrected chi connectivity index (χ0v) is 12.4. The van der Waals surface area contributed by atoms with Crippen LogP contribution in [0.3, 0.4) is 0 Å². The van der Waals surface area contributed by atoms with Crippen molar-refractivity contribution in [2.24, 2.45) is 0 Å². The highest BCUT2D eigenvalue weighted by Crippen LogP contribution is 2.40. The van der Waals surface area contributed by atoms with Crippen molar-refractivity contribution in [2.45, 2.75) is 6.18 Å². The number of fused-ring (bicyclic) bond motifs is 5. The van der Waals surface area contributed by atoms with E-state index in [0.29, 0.717) is 16.3 Å². The van der Waals surface area contributed by atoms with Crippen molar-refractivity contribution in [2.75, 3.05) is 0 Å². The average molecular weight is 354 g/mol. The van der Waals surface area contributed by atoms with Crippen LogP contribution in [0.25, 0.3) is 33.0 Å². The van der Waals surface area contributed by atoms with E-state index in [0.717, 1.165) is 12.1 Å². The van der Waals surface area contributed by atoms with Crippen molar-refractivity contribution in [1.29, 1.82) is 0 Å². The fourth-order valence-corrected chi connectivity index (χ4v) is 3.05. The van der Waals surface area contributed by atoms with E-state index in [-0.39, 0.29) is 27.3 Å². The average Bonchev–Trinajstić information content (AvgIpc) is 3.01. The van der Waals surface area contributed by atoms with Crippen LogP contribution in [0.1, 0.15) is 15.9 Å². The summed E-state index contributed by atoms with van der Waals surface area (Å²) in [7, 11) is 0. The van der Waals surface area contributed by atoms with Gasteiger partial charge < -0.3 is 14.5 Å². The monoisotopic (exact) mass is 353 g/mol. The Morgan fingerprint density at radius 2 is 1.92 bits per heavy atom. The molecule has 0 radical (unpaired) electrons. The number of aromatic carboxylic acids is 1. The molecule has 0 unspecified atom stereocenters. The van der Waals surface area contributed by atoms with Gasteiger partial charge in [0.25, 0.3) is 0 Å². The summed E-state index contributed by atoms with van der Waals surface area (Å²) in [6, 6.07) is 5.90. The molecule has 0 aliphatic rings. The highest BCUT2D eigenvalue weighted by Gasteiger charge is 2.31. The molecule has 24 heavy (non-hydrogen) atoms. The van der Waals surface area contributed by atoms with Crippen molar-refractivity contribution in [3.05, 3.63) is 46.5 Å². The largest absolute Gasteiger partial charge is 0.478 e. The van der Waals surface area contributed by atoms with E-state index in [9.17, 15) is 23.1 Å². The SMILES string of the molecule is O=C(O)c1ccc(Cl)c2c1[nH]c1c3ccc(C(F)(F)F)cc3oc12. The van der Waals surface area contributed by atoms with E-state index in [1.54, 1.807) is 0 Å². The summed E-state index contributed by atoms with van der Waals surface area (Å²) < 4.78 is 44.0. The summed E-state index contributed by atoms with van der Waals surface area (Å²) in [4.78, 5) is 14.2. The van der Waals surface area contributed by atoms with Crippen LogP contribution in [-0.4, -0.2) is 16.1 Å². The molecule has 0 aliphatic carbocycles. The van der Waals surface area contributed by atoms with Gasteiger partial charge in [-0.25, -0.2) is 4.79 Å². The summed E-state index contributed by atoms with van der Waals surface area (Å²) in [6.45, 7) is 0. The molecule has 4 rings (SSSR count). The number of halogens is 4. The lowest BCUT2D eigenvalue weighted by atomic mass is 10.1. The van der Waals surface area contributed by atoms with E-state index < -0.39 is 17.7 Å². The predicted molar refractivity (Wildman–Crippen MR) is 82.5 cm³/mol. The maximum Gasteiger partial charge on any atom is 0.416 e. The van der Waals surface area contributed by atoms with Gasteiger partial charge in [-0.15, -0.1) is 0 Å². The van der Waals surface area contributed by atoms with Crippen molar-refractivity contribution in [3.63, 3.8) is 0 Å². The molecular weight excluding hydrogens is 347 g/mol. The summed E-state index contributed by atoms with van der Waals surface area (Å²) in [5.41, 5.74) is 0.126. The number of carbonyl (C=O) groups is 1. The van der Waals surface area contributed by atoms with E-state index >= 15 is 0 Å². The second kappa shape index (κ2) is 4.67. The number of carboxylic acids is 1. The maximum absolute atomic E-state index is 12.8. The third kappa shape index (κ3) is 1.98. The number of furan rings is 1. The summed E-state index contributed by atoms with van der Waals surface area (Å²) in [6.07, 6.45) is -4.48. The van der Waals surface area contributed by atoms with Gasteiger partial charge in [0.05, 0.1) is 32.6 Å². The van der Waals surface area contributed by atoms with Crippen molar-refractivity contribution >= 4 is 50.5 Å². The zero-order chi connectivity index (χ0) is 17.2. The van der Waals surface area contributed by atoms with Gasteiger partial charge in [0.2, 0.25) is 0 Å². The van der Waals surface area contributed by atoms with Gasteiger partial charge in [-0.3, -0.25) is 0 Å². The van der Waals surface area contributed by atoms with Crippen LogP contribution in [0.2, 0.25) is 5.02 Å². The molecule has 2 aromatic heterocycles. The molecule has 4 nitrogen and oxygen atoms in total. The normalized spacial score (nSPS) is 12.5. The van der Waals surface area contributed by atoms with Gasteiger partial charge in [-0.05, 0) is 30.3 Å². The molecule has 0 fully saturated rings. The van der Waals surface area contributed by atoms with Gasteiger partial charge in [-0.1, -0.05) is 11.6 Å². The number of carboxylic acid groups (broad SMARTS) is 1. The van der Waals surface area contributed by atoms with Crippen LogP contribution >= 0.6 is 11.6 Å². The maximum atomic E-state index is 12.8. The summed E-state index contributed by atoms with van der Waals surface area (Å²) >= 11 is 6.13. The van der Waals surface area contributed by atoms with Crippen molar-refractivity contribution in [3.8, 4) is 0 Å². The molecular formula is C16H7ClF3NO3. The number of H-pyrrole nitrogens is 1. The molecule has 2 N–H and O–H groups in total. The van der Waals surface area contributed by atoms with Crippen LogP contribution < -0.4 is 0 Å². The van der Waals surface area contributed by atoms with Crippen molar-refractivity contribution < 1.29 is 27.5 Å². The molecule has 2 heterocycles. The van der Waals surface area contributed by atoms with Crippen LogP contribution in [0.4, 0.5) is 13.2 Å². The Kier molecular flexibility index (Phi) is 2.90. The zero-order valence-electron chi connectivity index (χ0n) is 11.7. The minimum absolute atomic E-state index is 0.000798. The minimum Gasteiger partial charge on any atom is -0.478 e. The molecule has 0 bridgehead atoms. The quantitative estimate of drug-likeness (QED) is 0.479. The smallest absolute Gasteiger partial charge is 0.416 e. The minimum atomic E-state index is -4.48. The Morgan fingerprint density at radius 3 is 2.58 bits per heavy atom. The van der Waals surface area contributed by atoms with E-state index in [4.69, 9.17) is 16.0 Å². The van der Waals surface area contributed by atoms with Crippen LogP contribution in [0.5, 0.6) is 0 Å². The number of aromatic nitrogens is 1. The number of benzene rings is 2. The highest BCUT2D eigenvalue weighted by molar-refractivity contribution is 6.39. The Morgan fingerprint density at radius 1 is 1.17 bits per heavy atom. The molecule has 122 valence electrons. The molecule has 0 saturated heterocycles. The molecule has 0 atom stereocenters. The third-order valence-corrected chi connectivity index (χ3v) is 4.19. The first kappa shape index (κ1) is 14.9. The number of hydrogen-bond donors (Lipinski definition) is 2. The Hall–Kier alpha value is -2.67. The first-order valence-electron chi connectivity index (χ1n) is 6.74. The molecule has 0 spiro atoms. The highest BCUT2D eigenvalue weighted by atomic mass is 35.5. The molecule has 0 saturated carbocycles. The molecule has 0 aliphatic heterocycles. The first-order valence-corrected chi connectivity index (χ1v) is 7.12. The standard InChI is InChI=1S/C16H7ClF3NO3/c17-9-4-3-8(15(22)23)12-11(9)14-13(21-12)7-2-1-6(16(18,19)20)5-10(7)24-14/h1-5,21H,(H,22,23). The molecule has 0 amide bonds. The fraction of sp³-hybridized carbons (Fsp3) is 0.0625. The summed E-state index contributed by atoms with van der Waals surface area (Å²) in [5.74, 6) is -1.15. The molecule has 8 heteroatoms. The summed E-state index contributed by atoms with van der Waals surface area (Å²) in [5, 5.41) is 10.3. The molecule has 2 aromatic carbocycles. The second-order valence-electron chi connectivity index (χ2n) is 5.29. The topological polar surface area (TPSA) is 66.2 Å². The van der Waals surface area contributed by atoms with E-state index in [1.807, 2.05) is 0 Å². The van der Waals surface area contributed by atoms with Gasteiger partial charge in [-0.2, -0.15) is 13.2 Å². The predicted octanol–water partition coefficient (Wildman–Crippen LogP) is 5.44. The second-order valence-corrected chi connectivity index (χ2v) is 5.70. The third-order valence-electron chi connectivity index (χ3n) is 3.88. The van der Waals surface area contributed by atoms with E-state index in [2.05, 4.69) is 4.98 Å². The lowest BCUT2D eigenvalue weighted by Crippen LogP contribution is -2.03. The van der Waals surface area contributed by atoms with Crippen LogP contribution in [-0.2, 0) is 6.18 Å². The van der Waals surface area contributed by atoms with E-state index in [1.165, 1.54) is 18.2 Å². The van der Waals surface area contributed by atoms with Gasteiger partial charge in [0.1, 0.15) is 5.58 Å². The number of rotatable bonds is 1. The Labute approximate surface area is 136 Å².